The number of benzene rings is 1. The highest BCUT2D eigenvalue weighted by molar-refractivity contribution is 6.04. The number of aryl methyl sites for hydroxylation is 1. The molecule has 1 unspecified atom stereocenters. The molecule has 0 bridgehead atoms. The number of rotatable bonds is 5. The van der Waals surface area contributed by atoms with E-state index >= 15 is 0 Å². The molecular formula is C20H24N6O. The zero-order valence-corrected chi connectivity index (χ0v) is 15.6. The fraction of sp³-hybridized carbons (Fsp3) is 0.500. The van der Waals surface area contributed by atoms with Gasteiger partial charge in [-0.3, -0.25) is 9.48 Å². The molecule has 1 saturated carbocycles. The quantitative estimate of drug-likeness (QED) is 0.696. The van der Waals surface area contributed by atoms with E-state index in [0.717, 1.165) is 55.1 Å². The molecule has 0 spiro atoms. The van der Waals surface area contributed by atoms with Crippen molar-refractivity contribution in [3.63, 3.8) is 0 Å². The standard InChI is InChI=1S/C20H24N6O/c1-24-17-5-3-2-4-16(17)19(23-24)20(27)25-9-8-15(12-25)10-18-22-21-13-26(18)11-14-6-7-14/h2-5,13-15H,6-12H2,1H3. The van der Waals surface area contributed by atoms with Crippen LogP contribution in [0.2, 0.25) is 0 Å². The first-order valence-electron chi connectivity index (χ1n) is 9.76. The Morgan fingerprint density at radius 2 is 2.04 bits per heavy atom. The van der Waals surface area contributed by atoms with E-state index in [0.29, 0.717) is 11.6 Å². The summed E-state index contributed by atoms with van der Waals surface area (Å²) >= 11 is 0. The van der Waals surface area contributed by atoms with Crippen LogP contribution < -0.4 is 0 Å². The van der Waals surface area contributed by atoms with Crippen LogP contribution in [0.15, 0.2) is 30.6 Å². The molecule has 5 rings (SSSR count). The van der Waals surface area contributed by atoms with E-state index in [2.05, 4.69) is 19.9 Å². The van der Waals surface area contributed by atoms with Crippen molar-refractivity contribution < 1.29 is 4.79 Å². The molecule has 3 aromatic rings. The van der Waals surface area contributed by atoms with E-state index in [1.807, 2.05) is 42.5 Å². The predicted molar refractivity (Wildman–Crippen MR) is 101 cm³/mol. The van der Waals surface area contributed by atoms with Crippen LogP contribution in [0.4, 0.5) is 0 Å². The highest BCUT2D eigenvalue weighted by atomic mass is 16.2. The molecule has 0 N–H and O–H groups in total. The third kappa shape index (κ3) is 3.11. The fourth-order valence-corrected chi connectivity index (χ4v) is 4.13. The first kappa shape index (κ1) is 16.5. The summed E-state index contributed by atoms with van der Waals surface area (Å²) in [5.41, 5.74) is 1.55. The number of hydrogen-bond donors (Lipinski definition) is 0. The molecule has 1 atom stereocenters. The summed E-state index contributed by atoms with van der Waals surface area (Å²) in [5.74, 6) is 2.34. The lowest BCUT2D eigenvalue weighted by Gasteiger charge is -2.15. The Hall–Kier alpha value is -2.70. The van der Waals surface area contributed by atoms with Gasteiger partial charge in [0.1, 0.15) is 12.2 Å². The van der Waals surface area contributed by atoms with Gasteiger partial charge in [-0.25, -0.2) is 0 Å². The van der Waals surface area contributed by atoms with Crippen LogP contribution in [0.25, 0.3) is 10.9 Å². The van der Waals surface area contributed by atoms with Gasteiger partial charge >= 0.3 is 0 Å². The highest BCUT2D eigenvalue weighted by Crippen LogP contribution is 2.31. The number of nitrogens with zero attached hydrogens (tertiary/aromatic N) is 6. The van der Waals surface area contributed by atoms with E-state index in [-0.39, 0.29) is 5.91 Å². The van der Waals surface area contributed by atoms with Gasteiger partial charge < -0.3 is 9.47 Å². The second-order valence-electron chi connectivity index (χ2n) is 7.94. The van der Waals surface area contributed by atoms with Gasteiger partial charge in [0.25, 0.3) is 5.91 Å². The maximum atomic E-state index is 13.1. The largest absolute Gasteiger partial charge is 0.337 e. The molecule has 1 aromatic carbocycles. The maximum Gasteiger partial charge on any atom is 0.275 e. The molecule has 7 nitrogen and oxygen atoms in total. The average molecular weight is 364 g/mol. The van der Waals surface area contributed by atoms with Crippen LogP contribution in [-0.4, -0.2) is 48.4 Å². The van der Waals surface area contributed by atoms with Gasteiger partial charge in [0.2, 0.25) is 0 Å². The van der Waals surface area contributed by atoms with E-state index in [1.165, 1.54) is 12.8 Å². The van der Waals surface area contributed by atoms with Crippen molar-refractivity contribution >= 4 is 16.8 Å². The van der Waals surface area contributed by atoms with E-state index in [1.54, 1.807) is 4.68 Å². The molecule has 2 aliphatic rings. The molecule has 1 aliphatic heterocycles. The van der Waals surface area contributed by atoms with Crippen LogP contribution in [-0.2, 0) is 20.0 Å². The summed E-state index contributed by atoms with van der Waals surface area (Å²) in [6.07, 6.45) is 6.39. The molecule has 7 heteroatoms. The third-order valence-corrected chi connectivity index (χ3v) is 5.85. The molecule has 1 amide bonds. The van der Waals surface area contributed by atoms with E-state index in [4.69, 9.17) is 0 Å². The summed E-state index contributed by atoms with van der Waals surface area (Å²) in [6, 6.07) is 7.91. The highest BCUT2D eigenvalue weighted by Gasteiger charge is 2.31. The van der Waals surface area contributed by atoms with Gasteiger partial charge in [-0.05, 0) is 37.2 Å². The topological polar surface area (TPSA) is 68.8 Å². The summed E-state index contributed by atoms with van der Waals surface area (Å²) in [4.78, 5) is 15.0. The van der Waals surface area contributed by atoms with Gasteiger partial charge in [-0.15, -0.1) is 10.2 Å². The van der Waals surface area contributed by atoms with Crippen LogP contribution in [0.3, 0.4) is 0 Å². The minimum Gasteiger partial charge on any atom is -0.337 e. The third-order valence-electron chi connectivity index (χ3n) is 5.85. The first-order valence-corrected chi connectivity index (χ1v) is 9.76. The minimum atomic E-state index is 0.0359. The van der Waals surface area contributed by atoms with Gasteiger partial charge in [0.15, 0.2) is 5.69 Å². The number of aromatic nitrogens is 5. The molecule has 27 heavy (non-hydrogen) atoms. The van der Waals surface area contributed by atoms with Crippen LogP contribution in [0, 0.1) is 11.8 Å². The number of para-hydroxylation sites is 1. The van der Waals surface area contributed by atoms with Crippen molar-refractivity contribution in [2.45, 2.75) is 32.2 Å². The molecule has 3 heterocycles. The second kappa shape index (κ2) is 6.48. The molecule has 140 valence electrons. The Bertz CT molecular complexity index is 985. The Labute approximate surface area is 158 Å². The smallest absolute Gasteiger partial charge is 0.275 e. The average Bonchev–Trinajstić information content (AvgIpc) is 3.05. The van der Waals surface area contributed by atoms with Crippen molar-refractivity contribution in [3.05, 3.63) is 42.1 Å². The van der Waals surface area contributed by atoms with Crippen molar-refractivity contribution in [3.8, 4) is 0 Å². The Morgan fingerprint density at radius 3 is 2.89 bits per heavy atom. The van der Waals surface area contributed by atoms with E-state index in [9.17, 15) is 4.79 Å². The number of carbonyl (C=O) groups is 1. The zero-order valence-electron chi connectivity index (χ0n) is 15.6. The van der Waals surface area contributed by atoms with Crippen molar-refractivity contribution in [2.24, 2.45) is 18.9 Å². The summed E-state index contributed by atoms with van der Waals surface area (Å²) in [6.45, 7) is 2.59. The molecule has 1 aliphatic carbocycles. The van der Waals surface area contributed by atoms with Crippen molar-refractivity contribution in [1.82, 2.24) is 29.4 Å². The lowest BCUT2D eigenvalue weighted by Crippen LogP contribution is -2.29. The molecule has 1 saturated heterocycles. The van der Waals surface area contributed by atoms with Crippen molar-refractivity contribution in [1.29, 1.82) is 0 Å². The van der Waals surface area contributed by atoms with Crippen molar-refractivity contribution in [2.75, 3.05) is 13.1 Å². The van der Waals surface area contributed by atoms with Gasteiger partial charge in [0.05, 0.1) is 5.52 Å². The van der Waals surface area contributed by atoms with Crippen LogP contribution in [0.1, 0.15) is 35.6 Å². The predicted octanol–water partition coefficient (Wildman–Crippen LogP) is 2.28. The van der Waals surface area contributed by atoms with Crippen LogP contribution >= 0.6 is 0 Å². The number of carbonyl (C=O) groups excluding carboxylic acids is 1. The van der Waals surface area contributed by atoms with E-state index < -0.39 is 0 Å². The second-order valence-corrected chi connectivity index (χ2v) is 7.94. The van der Waals surface area contributed by atoms with Gasteiger partial charge in [-0.1, -0.05) is 18.2 Å². The molecular weight excluding hydrogens is 340 g/mol. The van der Waals surface area contributed by atoms with Crippen LogP contribution in [0.5, 0.6) is 0 Å². The molecule has 2 aromatic heterocycles. The Morgan fingerprint density at radius 1 is 1.19 bits per heavy atom. The summed E-state index contributed by atoms with van der Waals surface area (Å²) < 4.78 is 3.99. The summed E-state index contributed by atoms with van der Waals surface area (Å²) in [7, 11) is 1.89. The normalized spacial score (nSPS) is 19.9. The Balaban J connectivity index is 1.29. The minimum absolute atomic E-state index is 0.0359. The molecule has 2 fully saturated rings. The Kier molecular flexibility index (Phi) is 3.95. The number of likely N-dealkylation sites (tertiary alicyclic amines) is 1. The monoisotopic (exact) mass is 364 g/mol. The maximum absolute atomic E-state index is 13.1. The fourth-order valence-electron chi connectivity index (χ4n) is 4.13. The zero-order chi connectivity index (χ0) is 18.4. The number of fused-ring (bicyclic) bond motifs is 1. The summed E-state index contributed by atoms with van der Waals surface area (Å²) in [5, 5.41) is 13.8. The lowest BCUT2D eigenvalue weighted by atomic mass is 10.0. The van der Waals surface area contributed by atoms with Gasteiger partial charge in [0, 0.05) is 38.5 Å². The SMILES string of the molecule is Cn1nc(C(=O)N2CCC(Cc3nncn3CC3CC3)C2)c2ccccc21. The molecule has 0 radical (unpaired) electrons. The lowest BCUT2D eigenvalue weighted by molar-refractivity contribution is 0.0782. The number of amides is 1. The first-order chi connectivity index (χ1) is 13.2. The van der Waals surface area contributed by atoms with Gasteiger partial charge in [-0.2, -0.15) is 5.10 Å². The number of hydrogen-bond acceptors (Lipinski definition) is 4.